The number of benzene rings is 1. The molecule has 0 atom stereocenters. The van der Waals surface area contributed by atoms with Gasteiger partial charge in [0.1, 0.15) is 5.82 Å². The number of anilines is 1. The first kappa shape index (κ1) is 14.0. The number of carbonyl (C=O) groups is 2. The molecule has 2 N–H and O–H groups in total. The van der Waals surface area contributed by atoms with E-state index in [0.717, 1.165) is 0 Å². The van der Waals surface area contributed by atoms with E-state index < -0.39 is 17.7 Å². The second kappa shape index (κ2) is 5.66. The molecule has 1 saturated heterocycles. The van der Waals surface area contributed by atoms with Gasteiger partial charge >= 0.3 is 5.97 Å². The smallest absolute Gasteiger partial charge is 0.309 e. The molecule has 102 valence electrons. The number of carbonyl (C=O) groups excluding carboxylic acids is 1. The maximum atomic E-state index is 13.5. The van der Waals surface area contributed by atoms with Crippen LogP contribution >= 0.6 is 15.9 Å². The molecule has 1 heterocycles. The number of carboxylic acid groups (broad SMARTS) is 1. The van der Waals surface area contributed by atoms with Crippen molar-refractivity contribution in [3.05, 3.63) is 28.5 Å². The average molecular weight is 331 g/mol. The molecule has 1 aromatic rings. The molecule has 0 unspecified atom stereocenters. The standard InChI is InChI=1S/C12H12BrFN2O3/c13-8-1-2-10(9(14)3-8)15-11(17)6-16-4-7(5-16)12(18)19/h1-3,7H,4-6H2,(H,15,17)(H,18,19). The number of hydrogen-bond donors (Lipinski definition) is 2. The van der Waals surface area contributed by atoms with Crippen molar-refractivity contribution in [2.24, 2.45) is 5.92 Å². The van der Waals surface area contributed by atoms with Crippen LogP contribution in [-0.4, -0.2) is 41.5 Å². The van der Waals surface area contributed by atoms with E-state index in [4.69, 9.17) is 5.11 Å². The molecule has 5 nitrogen and oxygen atoms in total. The van der Waals surface area contributed by atoms with Crippen LogP contribution in [0.4, 0.5) is 10.1 Å². The molecule has 1 aliphatic rings. The summed E-state index contributed by atoms with van der Waals surface area (Å²) in [7, 11) is 0. The minimum Gasteiger partial charge on any atom is -0.481 e. The number of aliphatic carboxylic acids is 1. The Morgan fingerprint density at radius 2 is 2.16 bits per heavy atom. The number of carboxylic acids is 1. The molecule has 1 aliphatic heterocycles. The van der Waals surface area contributed by atoms with Crippen LogP contribution in [0.25, 0.3) is 0 Å². The molecular formula is C12H12BrFN2O3. The Kier molecular flexibility index (Phi) is 4.16. The van der Waals surface area contributed by atoms with Gasteiger partial charge in [0.05, 0.1) is 18.2 Å². The van der Waals surface area contributed by atoms with Crippen molar-refractivity contribution >= 4 is 33.5 Å². The Bertz CT molecular complexity index is 518. The predicted molar refractivity (Wildman–Crippen MR) is 70.3 cm³/mol. The zero-order valence-corrected chi connectivity index (χ0v) is 11.5. The monoisotopic (exact) mass is 330 g/mol. The summed E-state index contributed by atoms with van der Waals surface area (Å²) in [5.41, 5.74) is 0.114. The van der Waals surface area contributed by atoms with Crippen LogP contribution < -0.4 is 5.32 Å². The van der Waals surface area contributed by atoms with Gasteiger partial charge in [0.2, 0.25) is 5.91 Å². The van der Waals surface area contributed by atoms with E-state index in [1.807, 2.05) is 0 Å². The number of halogens is 2. The maximum absolute atomic E-state index is 13.5. The molecule has 1 fully saturated rings. The van der Waals surface area contributed by atoms with Crippen molar-refractivity contribution in [1.29, 1.82) is 0 Å². The largest absolute Gasteiger partial charge is 0.481 e. The summed E-state index contributed by atoms with van der Waals surface area (Å²) in [6.45, 7) is 0.774. The topological polar surface area (TPSA) is 69.6 Å². The Morgan fingerprint density at radius 1 is 1.47 bits per heavy atom. The molecule has 0 spiro atoms. The number of rotatable bonds is 4. The third-order valence-corrected chi connectivity index (χ3v) is 3.37. The summed E-state index contributed by atoms with van der Waals surface area (Å²) >= 11 is 3.13. The van der Waals surface area contributed by atoms with E-state index in [1.165, 1.54) is 12.1 Å². The highest BCUT2D eigenvalue weighted by Crippen LogP contribution is 2.20. The fourth-order valence-electron chi connectivity index (χ4n) is 1.84. The lowest BCUT2D eigenvalue weighted by molar-refractivity contribution is -0.148. The fraction of sp³-hybridized carbons (Fsp3) is 0.333. The zero-order valence-electron chi connectivity index (χ0n) is 9.90. The van der Waals surface area contributed by atoms with E-state index in [0.29, 0.717) is 17.6 Å². The summed E-state index contributed by atoms with van der Waals surface area (Å²) in [6.07, 6.45) is 0. The first-order chi connectivity index (χ1) is 8.95. The predicted octanol–water partition coefficient (Wildman–Crippen LogP) is 1.54. The normalized spacial score (nSPS) is 15.9. The van der Waals surface area contributed by atoms with E-state index in [-0.39, 0.29) is 18.1 Å². The Morgan fingerprint density at radius 3 is 2.74 bits per heavy atom. The van der Waals surface area contributed by atoms with Gasteiger partial charge in [-0.15, -0.1) is 0 Å². The Hall–Kier alpha value is -1.47. The Balaban J connectivity index is 1.84. The minimum absolute atomic E-state index is 0.0687. The molecule has 1 aromatic carbocycles. The van der Waals surface area contributed by atoms with Crippen molar-refractivity contribution in [1.82, 2.24) is 4.90 Å². The highest BCUT2D eigenvalue weighted by atomic mass is 79.9. The Labute approximate surface area is 117 Å². The van der Waals surface area contributed by atoms with Crippen LogP contribution in [0.15, 0.2) is 22.7 Å². The van der Waals surface area contributed by atoms with Gasteiger partial charge in [0.25, 0.3) is 0 Å². The summed E-state index contributed by atoms with van der Waals surface area (Å²) in [4.78, 5) is 23.9. The van der Waals surface area contributed by atoms with Gasteiger partial charge in [-0.05, 0) is 18.2 Å². The molecular weight excluding hydrogens is 319 g/mol. The number of nitrogens with zero attached hydrogens (tertiary/aromatic N) is 1. The van der Waals surface area contributed by atoms with E-state index in [1.54, 1.807) is 11.0 Å². The highest BCUT2D eigenvalue weighted by Gasteiger charge is 2.33. The van der Waals surface area contributed by atoms with Gasteiger partial charge in [-0.3, -0.25) is 14.5 Å². The summed E-state index contributed by atoms with van der Waals surface area (Å²) in [5, 5.41) is 11.2. The second-order valence-corrected chi connectivity index (χ2v) is 5.32. The molecule has 0 saturated carbocycles. The summed E-state index contributed by atoms with van der Waals surface area (Å²) in [5.74, 6) is -2.13. The van der Waals surface area contributed by atoms with Crippen LogP contribution in [0, 0.1) is 11.7 Å². The van der Waals surface area contributed by atoms with E-state index in [2.05, 4.69) is 21.2 Å². The molecule has 0 aromatic heterocycles. The molecule has 0 radical (unpaired) electrons. The van der Waals surface area contributed by atoms with Crippen molar-refractivity contribution in [3.8, 4) is 0 Å². The van der Waals surface area contributed by atoms with Gasteiger partial charge in [-0.1, -0.05) is 15.9 Å². The summed E-state index contributed by atoms with van der Waals surface area (Å²) in [6, 6.07) is 4.36. The second-order valence-electron chi connectivity index (χ2n) is 4.40. The third-order valence-electron chi connectivity index (χ3n) is 2.88. The van der Waals surface area contributed by atoms with Gasteiger partial charge in [-0.2, -0.15) is 0 Å². The fourth-order valence-corrected chi connectivity index (χ4v) is 2.17. The molecule has 0 aliphatic carbocycles. The molecule has 19 heavy (non-hydrogen) atoms. The van der Waals surface area contributed by atoms with Gasteiger partial charge in [0, 0.05) is 17.6 Å². The molecule has 2 rings (SSSR count). The average Bonchev–Trinajstić information content (AvgIpc) is 2.26. The highest BCUT2D eigenvalue weighted by molar-refractivity contribution is 9.10. The molecule has 1 amide bonds. The molecule has 7 heteroatoms. The number of amides is 1. The van der Waals surface area contributed by atoms with E-state index in [9.17, 15) is 14.0 Å². The van der Waals surface area contributed by atoms with Gasteiger partial charge in [-0.25, -0.2) is 4.39 Å². The van der Waals surface area contributed by atoms with Gasteiger partial charge in [0.15, 0.2) is 0 Å². The van der Waals surface area contributed by atoms with Crippen molar-refractivity contribution in [2.45, 2.75) is 0 Å². The zero-order chi connectivity index (χ0) is 14.0. The maximum Gasteiger partial charge on any atom is 0.309 e. The van der Waals surface area contributed by atoms with E-state index >= 15 is 0 Å². The summed E-state index contributed by atoms with van der Waals surface area (Å²) < 4.78 is 14.1. The first-order valence-electron chi connectivity index (χ1n) is 5.66. The quantitative estimate of drug-likeness (QED) is 0.878. The van der Waals surface area contributed by atoms with Crippen molar-refractivity contribution in [3.63, 3.8) is 0 Å². The van der Waals surface area contributed by atoms with Crippen LogP contribution in [0.2, 0.25) is 0 Å². The third kappa shape index (κ3) is 3.51. The van der Waals surface area contributed by atoms with Crippen LogP contribution in [0.1, 0.15) is 0 Å². The minimum atomic E-state index is -0.851. The number of likely N-dealkylation sites (tertiary alicyclic amines) is 1. The lowest BCUT2D eigenvalue weighted by Gasteiger charge is -2.35. The SMILES string of the molecule is O=C(CN1CC(C(=O)O)C1)Nc1ccc(Br)cc1F. The van der Waals surface area contributed by atoms with Crippen LogP contribution in [-0.2, 0) is 9.59 Å². The van der Waals surface area contributed by atoms with Crippen LogP contribution in [0.3, 0.4) is 0 Å². The lowest BCUT2D eigenvalue weighted by atomic mass is 10.0. The lowest BCUT2D eigenvalue weighted by Crippen LogP contribution is -2.52. The van der Waals surface area contributed by atoms with Crippen molar-refractivity contribution < 1.29 is 19.1 Å². The number of hydrogen-bond acceptors (Lipinski definition) is 3. The van der Waals surface area contributed by atoms with Gasteiger partial charge < -0.3 is 10.4 Å². The first-order valence-corrected chi connectivity index (χ1v) is 6.45. The molecule has 0 bridgehead atoms. The number of nitrogens with one attached hydrogen (secondary N) is 1. The van der Waals surface area contributed by atoms with Crippen LogP contribution in [0.5, 0.6) is 0 Å². The van der Waals surface area contributed by atoms with Crippen molar-refractivity contribution in [2.75, 3.05) is 25.0 Å².